The third-order valence-corrected chi connectivity index (χ3v) is 3.97. The van der Waals surface area contributed by atoms with E-state index in [9.17, 15) is 9.59 Å². The Labute approximate surface area is 139 Å². The second-order valence-electron chi connectivity index (χ2n) is 6.07. The van der Waals surface area contributed by atoms with Gasteiger partial charge < -0.3 is 9.73 Å². The Hall–Kier alpha value is -2.82. The van der Waals surface area contributed by atoms with Crippen LogP contribution in [0, 0.1) is 0 Å². The molecular weight excluding hydrogens is 304 g/mol. The molecular formula is C19H20N2O3. The van der Waals surface area contributed by atoms with E-state index in [0.717, 1.165) is 5.69 Å². The van der Waals surface area contributed by atoms with E-state index in [-0.39, 0.29) is 18.9 Å². The number of aryl methyl sites for hydroxylation is 1. The quantitative estimate of drug-likeness (QED) is 0.777. The van der Waals surface area contributed by atoms with E-state index in [4.69, 9.17) is 4.42 Å². The number of amides is 1. The summed E-state index contributed by atoms with van der Waals surface area (Å²) in [5.41, 5.74) is 3.19. The first-order valence-corrected chi connectivity index (χ1v) is 8.03. The van der Waals surface area contributed by atoms with Crippen LogP contribution >= 0.6 is 0 Å². The summed E-state index contributed by atoms with van der Waals surface area (Å²) in [6, 6.07) is 15.0. The summed E-state index contributed by atoms with van der Waals surface area (Å²) in [7, 11) is 0. The van der Waals surface area contributed by atoms with Gasteiger partial charge in [0.1, 0.15) is 0 Å². The molecule has 0 aliphatic heterocycles. The van der Waals surface area contributed by atoms with Crippen molar-refractivity contribution in [3.63, 3.8) is 0 Å². The molecule has 0 fully saturated rings. The first-order valence-electron chi connectivity index (χ1n) is 8.03. The average Bonchev–Trinajstić information content (AvgIpc) is 2.88. The fourth-order valence-corrected chi connectivity index (χ4v) is 2.64. The molecule has 2 aromatic carbocycles. The van der Waals surface area contributed by atoms with Gasteiger partial charge in [0.05, 0.1) is 5.52 Å². The van der Waals surface area contributed by atoms with E-state index in [0.29, 0.717) is 17.0 Å². The highest BCUT2D eigenvalue weighted by Crippen LogP contribution is 2.19. The van der Waals surface area contributed by atoms with Crippen molar-refractivity contribution in [3.8, 4) is 0 Å². The summed E-state index contributed by atoms with van der Waals surface area (Å²) < 4.78 is 6.65. The van der Waals surface area contributed by atoms with Crippen molar-refractivity contribution >= 4 is 22.7 Å². The lowest BCUT2D eigenvalue weighted by Gasteiger charge is -2.09. The van der Waals surface area contributed by atoms with Gasteiger partial charge in [0, 0.05) is 18.7 Å². The molecule has 0 atom stereocenters. The minimum atomic E-state index is -0.439. The predicted molar refractivity (Wildman–Crippen MR) is 94.3 cm³/mol. The maximum absolute atomic E-state index is 12.2. The van der Waals surface area contributed by atoms with E-state index < -0.39 is 5.76 Å². The van der Waals surface area contributed by atoms with Crippen LogP contribution in [0.4, 0.5) is 5.69 Å². The number of rotatable bonds is 5. The number of carbonyl (C=O) groups excluding carboxylic acids is 1. The van der Waals surface area contributed by atoms with Crippen LogP contribution in [0.15, 0.2) is 57.7 Å². The summed E-state index contributed by atoms with van der Waals surface area (Å²) in [6.45, 7) is 4.50. The molecule has 0 spiro atoms. The molecule has 0 radical (unpaired) electrons. The molecule has 3 aromatic rings. The van der Waals surface area contributed by atoms with E-state index in [1.165, 1.54) is 10.1 Å². The monoisotopic (exact) mass is 324 g/mol. The van der Waals surface area contributed by atoms with Crippen LogP contribution in [-0.2, 0) is 11.3 Å². The molecule has 3 rings (SSSR count). The molecule has 1 N–H and O–H groups in total. The van der Waals surface area contributed by atoms with Crippen LogP contribution < -0.4 is 11.1 Å². The Morgan fingerprint density at radius 3 is 2.75 bits per heavy atom. The van der Waals surface area contributed by atoms with Crippen molar-refractivity contribution < 1.29 is 9.21 Å². The maximum Gasteiger partial charge on any atom is 0.419 e. The van der Waals surface area contributed by atoms with Gasteiger partial charge in [-0.25, -0.2) is 4.79 Å². The van der Waals surface area contributed by atoms with E-state index in [2.05, 4.69) is 19.2 Å². The van der Waals surface area contributed by atoms with Crippen LogP contribution in [0.3, 0.4) is 0 Å². The smallest absolute Gasteiger partial charge is 0.408 e. The van der Waals surface area contributed by atoms with Crippen LogP contribution in [0.1, 0.15) is 31.7 Å². The second kappa shape index (κ2) is 6.74. The van der Waals surface area contributed by atoms with E-state index in [1.807, 2.05) is 42.5 Å². The van der Waals surface area contributed by atoms with Crippen molar-refractivity contribution in [2.45, 2.75) is 32.7 Å². The Morgan fingerprint density at radius 1 is 1.17 bits per heavy atom. The van der Waals surface area contributed by atoms with Gasteiger partial charge in [0.15, 0.2) is 5.58 Å². The molecule has 1 amide bonds. The number of carbonyl (C=O) groups is 1. The SMILES string of the molecule is CC(C)c1cccc(NC(=O)CCn2c(=O)oc3ccccc32)c1. The molecule has 5 heteroatoms. The van der Waals surface area contributed by atoms with Crippen molar-refractivity contribution in [3.05, 3.63) is 64.6 Å². The number of nitrogens with one attached hydrogen (secondary N) is 1. The number of para-hydroxylation sites is 2. The number of fused-ring (bicyclic) bond motifs is 1. The van der Waals surface area contributed by atoms with Gasteiger partial charge in [-0.3, -0.25) is 9.36 Å². The standard InChI is InChI=1S/C19H20N2O3/c1-13(2)14-6-5-7-15(12-14)20-18(22)10-11-21-16-8-3-4-9-17(16)24-19(21)23/h3-9,12-13H,10-11H2,1-2H3,(H,20,22). The fraction of sp³-hybridized carbons (Fsp3) is 0.263. The molecule has 24 heavy (non-hydrogen) atoms. The molecule has 0 unspecified atom stereocenters. The minimum absolute atomic E-state index is 0.131. The number of hydrogen-bond acceptors (Lipinski definition) is 3. The lowest BCUT2D eigenvalue weighted by molar-refractivity contribution is -0.116. The largest absolute Gasteiger partial charge is 0.419 e. The van der Waals surface area contributed by atoms with Crippen molar-refractivity contribution in [2.75, 3.05) is 5.32 Å². The molecule has 0 bridgehead atoms. The Kier molecular flexibility index (Phi) is 4.51. The zero-order chi connectivity index (χ0) is 17.1. The number of hydrogen-bond donors (Lipinski definition) is 1. The fourth-order valence-electron chi connectivity index (χ4n) is 2.64. The van der Waals surface area contributed by atoms with E-state index >= 15 is 0 Å². The summed E-state index contributed by atoms with van der Waals surface area (Å²) >= 11 is 0. The van der Waals surface area contributed by atoms with Gasteiger partial charge in [-0.15, -0.1) is 0 Å². The Bertz CT molecular complexity index is 922. The number of nitrogens with zero attached hydrogens (tertiary/aromatic N) is 1. The van der Waals surface area contributed by atoms with Gasteiger partial charge in [0.2, 0.25) is 5.91 Å². The zero-order valence-corrected chi connectivity index (χ0v) is 13.8. The van der Waals surface area contributed by atoms with Crippen molar-refractivity contribution in [1.82, 2.24) is 4.57 Å². The molecule has 0 aliphatic rings. The Morgan fingerprint density at radius 2 is 1.96 bits per heavy atom. The molecule has 1 heterocycles. The lowest BCUT2D eigenvalue weighted by atomic mass is 10.0. The topological polar surface area (TPSA) is 64.2 Å². The average molecular weight is 324 g/mol. The van der Waals surface area contributed by atoms with Gasteiger partial charge in [0.25, 0.3) is 0 Å². The van der Waals surface area contributed by atoms with Gasteiger partial charge in [-0.05, 0) is 35.7 Å². The highest BCUT2D eigenvalue weighted by molar-refractivity contribution is 5.90. The van der Waals surface area contributed by atoms with Crippen molar-refractivity contribution in [2.24, 2.45) is 0 Å². The number of aromatic nitrogens is 1. The van der Waals surface area contributed by atoms with Crippen LogP contribution in [0.2, 0.25) is 0 Å². The third-order valence-electron chi connectivity index (χ3n) is 3.97. The number of oxazole rings is 1. The lowest BCUT2D eigenvalue weighted by Crippen LogP contribution is -2.19. The third kappa shape index (κ3) is 3.40. The highest BCUT2D eigenvalue weighted by Gasteiger charge is 2.11. The van der Waals surface area contributed by atoms with Gasteiger partial charge >= 0.3 is 5.76 Å². The van der Waals surface area contributed by atoms with Gasteiger partial charge in [-0.2, -0.15) is 0 Å². The minimum Gasteiger partial charge on any atom is -0.408 e. The van der Waals surface area contributed by atoms with Gasteiger partial charge in [-0.1, -0.05) is 38.1 Å². The van der Waals surface area contributed by atoms with Crippen molar-refractivity contribution in [1.29, 1.82) is 0 Å². The first kappa shape index (κ1) is 16.1. The molecule has 0 saturated carbocycles. The molecule has 0 saturated heterocycles. The number of anilines is 1. The molecule has 124 valence electrons. The van der Waals surface area contributed by atoms with E-state index in [1.54, 1.807) is 6.07 Å². The predicted octanol–water partition coefficient (Wildman–Crippen LogP) is 3.75. The summed E-state index contributed by atoms with van der Waals surface area (Å²) in [5, 5.41) is 2.88. The molecule has 0 aliphatic carbocycles. The highest BCUT2D eigenvalue weighted by atomic mass is 16.4. The molecule has 1 aromatic heterocycles. The first-order chi connectivity index (χ1) is 11.5. The zero-order valence-electron chi connectivity index (χ0n) is 13.8. The Balaban J connectivity index is 1.68. The summed E-state index contributed by atoms with van der Waals surface area (Å²) in [5.74, 6) is -0.170. The normalized spacial score (nSPS) is 11.1. The summed E-state index contributed by atoms with van der Waals surface area (Å²) in [4.78, 5) is 24.1. The maximum atomic E-state index is 12.2. The van der Waals surface area contributed by atoms with Crippen LogP contribution in [-0.4, -0.2) is 10.5 Å². The second-order valence-corrected chi connectivity index (χ2v) is 6.07. The summed E-state index contributed by atoms with van der Waals surface area (Å²) in [6.07, 6.45) is 0.204. The molecule has 5 nitrogen and oxygen atoms in total. The van der Waals surface area contributed by atoms with Crippen LogP contribution in [0.5, 0.6) is 0 Å². The van der Waals surface area contributed by atoms with Crippen LogP contribution in [0.25, 0.3) is 11.1 Å². The number of benzene rings is 2.